The Morgan fingerprint density at radius 1 is 1.06 bits per heavy atom. The molecule has 0 bridgehead atoms. The molecule has 17 heavy (non-hydrogen) atoms. The van der Waals surface area contributed by atoms with E-state index in [1.165, 1.54) is 45.2 Å². The Morgan fingerprint density at radius 2 is 1.88 bits per heavy atom. The van der Waals surface area contributed by atoms with Crippen molar-refractivity contribution in [2.45, 2.75) is 65.2 Å². The van der Waals surface area contributed by atoms with Crippen LogP contribution in [0.25, 0.3) is 0 Å². The van der Waals surface area contributed by atoms with E-state index in [9.17, 15) is 0 Å². The quantitative estimate of drug-likeness (QED) is 0.734. The third-order valence-electron chi connectivity index (χ3n) is 6.05. The zero-order chi connectivity index (χ0) is 11.9. The van der Waals surface area contributed by atoms with Crippen LogP contribution in [0.4, 0.5) is 0 Å². The molecule has 1 heterocycles. The second-order valence-corrected chi connectivity index (χ2v) is 7.12. The molecule has 3 rings (SSSR count). The van der Waals surface area contributed by atoms with Gasteiger partial charge in [0.15, 0.2) is 0 Å². The van der Waals surface area contributed by atoms with Gasteiger partial charge in [0.05, 0.1) is 0 Å². The molecule has 2 aliphatic carbocycles. The van der Waals surface area contributed by atoms with Gasteiger partial charge in [-0.15, -0.1) is 0 Å². The molecule has 1 N–H and O–H groups in total. The van der Waals surface area contributed by atoms with Gasteiger partial charge in [-0.2, -0.15) is 0 Å². The van der Waals surface area contributed by atoms with Crippen molar-refractivity contribution in [2.24, 2.45) is 22.7 Å². The van der Waals surface area contributed by atoms with Crippen molar-refractivity contribution in [3.8, 4) is 0 Å². The summed E-state index contributed by atoms with van der Waals surface area (Å²) < 4.78 is 0. The molecule has 1 saturated heterocycles. The summed E-state index contributed by atoms with van der Waals surface area (Å²) in [5, 5.41) is 3.63. The van der Waals surface area contributed by atoms with Gasteiger partial charge >= 0.3 is 0 Å². The second-order valence-electron chi connectivity index (χ2n) is 7.12. The molecule has 2 saturated carbocycles. The standard InChI is InChI=1S/C16H29N/c1-3-5-13-14(16(13)7-8-16)11-15(6-4-2)9-10-17-12-15/h13-14,17H,3-12H2,1-2H3. The molecular weight excluding hydrogens is 206 g/mol. The van der Waals surface area contributed by atoms with E-state index in [0.29, 0.717) is 5.41 Å². The van der Waals surface area contributed by atoms with E-state index in [-0.39, 0.29) is 0 Å². The molecule has 3 unspecified atom stereocenters. The van der Waals surface area contributed by atoms with Gasteiger partial charge in [-0.1, -0.05) is 26.7 Å². The van der Waals surface area contributed by atoms with Crippen LogP contribution < -0.4 is 5.32 Å². The molecule has 0 radical (unpaired) electrons. The minimum absolute atomic E-state index is 0.692. The van der Waals surface area contributed by atoms with Crippen LogP contribution in [0.1, 0.15) is 65.2 Å². The molecular formula is C16H29N. The topological polar surface area (TPSA) is 12.0 Å². The average Bonchev–Trinajstić information content (AvgIpc) is 3.15. The van der Waals surface area contributed by atoms with Crippen molar-refractivity contribution in [3.05, 3.63) is 0 Å². The summed E-state index contributed by atoms with van der Waals surface area (Å²) in [5.41, 5.74) is 1.58. The maximum Gasteiger partial charge on any atom is 0.000839 e. The smallest absolute Gasteiger partial charge is 0.000839 e. The third kappa shape index (κ3) is 1.95. The van der Waals surface area contributed by atoms with Crippen LogP contribution in [0.2, 0.25) is 0 Å². The Morgan fingerprint density at radius 3 is 2.41 bits per heavy atom. The Balaban J connectivity index is 1.62. The van der Waals surface area contributed by atoms with Crippen LogP contribution in [-0.2, 0) is 0 Å². The highest BCUT2D eigenvalue weighted by Gasteiger charge is 2.71. The van der Waals surface area contributed by atoms with E-state index in [2.05, 4.69) is 19.2 Å². The number of rotatable bonds is 6. The lowest BCUT2D eigenvalue weighted by atomic mass is 9.77. The Kier molecular flexibility index (Phi) is 3.01. The summed E-state index contributed by atoms with van der Waals surface area (Å²) in [4.78, 5) is 0. The predicted octanol–water partition coefficient (Wildman–Crippen LogP) is 3.98. The summed E-state index contributed by atoms with van der Waals surface area (Å²) in [6, 6.07) is 0. The number of hydrogen-bond acceptors (Lipinski definition) is 1. The van der Waals surface area contributed by atoms with Gasteiger partial charge in [-0.05, 0) is 67.7 Å². The first kappa shape index (κ1) is 12.0. The first-order valence-electron chi connectivity index (χ1n) is 7.97. The molecule has 3 atom stereocenters. The molecule has 0 amide bonds. The minimum atomic E-state index is 0.692. The molecule has 3 fully saturated rings. The van der Waals surface area contributed by atoms with Crippen LogP contribution >= 0.6 is 0 Å². The molecule has 1 heteroatoms. The Hall–Kier alpha value is -0.0400. The molecule has 98 valence electrons. The normalized spacial score (nSPS) is 42.0. The van der Waals surface area contributed by atoms with Gasteiger partial charge in [-0.25, -0.2) is 0 Å². The number of hydrogen-bond donors (Lipinski definition) is 1. The second kappa shape index (κ2) is 4.26. The lowest BCUT2D eigenvalue weighted by molar-refractivity contribution is 0.242. The molecule has 0 aromatic rings. The van der Waals surface area contributed by atoms with Crippen molar-refractivity contribution in [2.75, 3.05) is 13.1 Å². The predicted molar refractivity (Wildman–Crippen MR) is 73.0 cm³/mol. The highest BCUT2D eigenvalue weighted by atomic mass is 14.9. The van der Waals surface area contributed by atoms with Crippen molar-refractivity contribution in [1.82, 2.24) is 5.32 Å². The monoisotopic (exact) mass is 235 g/mol. The van der Waals surface area contributed by atoms with Crippen LogP contribution in [0.15, 0.2) is 0 Å². The van der Waals surface area contributed by atoms with Crippen molar-refractivity contribution < 1.29 is 0 Å². The third-order valence-corrected chi connectivity index (χ3v) is 6.05. The fourth-order valence-corrected chi connectivity index (χ4v) is 4.98. The van der Waals surface area contributed by atoms with Crippen LogP contribution in [0.5, 0.6) is 0 Å². The average molecular weight is 235 g/mol. The zero-order valence-electron chi connectivity index (χ0n) is 11.7. The van der Waals surface area contributed by atoms with Crippen molar-refractivity contribution >= 4 is 0 Å². The van der Waals surface area contributed by atoms with Gasteiger partial charge < -0.3 is 5.32 Å². The highest BCUT2D eigenvalue weighted by molar-refractivity contribution is 5.20. The fourth-order valence-electron chi connectivity index (χ4n) is 4.98. The van der Waals surface area contributed by atoms with Crippen molar-refractivity contribution in [3.63, 3.8) is 0 Å². The van der Waals surface area contributed by atoms with Gasteiger partial charge in [0.1, 0.15) is 0 Å². The number of nitrogens with one attached hydrogen (secondary N) is 1. The van der Waals surface area contributed by atoms with E-state index >= 15 is 0 Å². The van der Waals surface area contributed by atoms with E-state index in [4.69, 9.17) is 0 Å². The molecule has 0 aromatic carbocycles. The molecule has 1 aliphatic heterocycles. The summed E-state index contributed by atoms with van der Waals surface area (Å²) in [5.74, 6) is 2.25. The van der Waals surface area contributed by atoms with Crippen LogP contribution in [0.3, 0.4) is 0 Å². The van der Waals surface area contributed by atoms with Gasteiger partial charge in [0.2, 0.25) is 0 Å². The maximum absolute atomic E-state index is 3.63. The highest BCUT2D eigenvalue weighted by Crippen LogP contribution is 2.78. The molecule has 1 spiro atoms. The van der Waals surface area contributed by atoms with Crippen LogP contribution in [-0.4, -0.2) is 13.1 Å². The summed E-state index contributed by atoms with van der Waals surface area (Å²) >= 11 is 0. The van der Waals surface area contributed by atoms with Crippen molar-refractivity contribution in [1.29, 1.82) is 0 Å². The Labute approximate surface area is 107 Å². The van der Waals surface area contributed by atoms with Crippen LogP contribution in [0, 0.1) is 22.7 Å². The maximum atomic E-state index is 3.63. The van der Waals surface area contributed by atoms with Gasteiger partial charge in [0.25, 0.3) is 0 Å². The first-order valence-corrected chi connectivity index (χ1v) is 7.97. The lowest BCUT2D eigenvalue weighted by Crippen LogP contribution is -2.25. The molecule has 0 aromatic heterocycles. The van der Waals surface area contributed by atoms with E-state index in [0.717, 1.165) is 17.3 Å². The molecule has 3 aliphatic rings. The van der Waals surface area contributed by atoms with Gasteiger partial charge in [0, 0.05) is 6.54 Å². The first-order chi connectivity index (χ1) is 8.26. The lowest BCUT2D eigenvalue weighted by Gasteiger charge is -2.28. The SMILES string of the molecule is CCCC1C(CC2(CCC)CCNC2)C12CC2. The fraction of sp³-hybridized carbons (Fsp3) is 1.00. The van der Waals surface area contributed by atoms with E-state index < -0.39 is 0 Å². The largest absolute Gasteiger partial charge is 0.316 e. The van der Waals surface area contributed by atoms with E-state index in [1.807, 2.05) is 0 Å². The summed E-state index contributed by atoms with van der Waals surface area (Å²) in [7, 11) is 0. The van der Waals surface area contributed by atoms with E-state index in [1.54, 1.807) is 19.3 Å². The molecule has 1 nitrogen and oxygen atoms in total. The Bertz CT molecular complexity index is 273. The zero-order valence-corrected chi connectivity index (χ0v) is 11.7. The summed E-state index contributed by atoms with van der Waals surface area (Å²) in [6.07, 6.45) is 11.9. The summed E-state index contributed by atoms with van der Waals surface area (Å²) in [6.45, 7) is 7.32. The van der Waals surface area contributed by atoms with Gasteiger partial charge in [-0.3, -0.25) is 0 Å². The minimum Gasteiger partial charge on any atom is -0.316 e.